The average molecular weight is 516 g/mol. The van der Waals surface area contributed by atoms with Crippen molar-refractivity contribution >= 4 is 23.1 Å². The van der Waals surface area contributed by atoms with Crippen molar-refractivity contribution in [3.8, 4) is 17.2 Å². The van der Waals surface area contributed by atoms with E-state index in [0.29, 0.717) is 47.3 Å². The van der Waals surface area contributed by atoms with Crippen LogP contribution >= 0.6 is 0 Å². The van der Waals surface area contributed by atoms with Gasteiger partial charge in [-0.05, 0) is 88.2 Å². The van der Waals surface area contributed by atoms with Gasteiger partial charge in [0, 0.05) is 17.3 Å². The molecule has 38 heavy (non-hydrogen) atoms. The first kappa shape index (κ1) is 26.8. The van der Waals surface area contributed by atoms with Gasteiger partial charge >= 0.3 is 0 Å². The van der Waals surface area contributed by atoms with Crippen LogP contribution in [0, 0.1) is 6.92 Å². The Morgan fingerprint density at radius 3 is 2.21 bits per heavy atom. The Morgan fingerprint density at radius 2 is 1.58 bits per heavy atom. The molecule has 1 aliphatic heterocycles. The lowest BCUT2D eigenvalue weighted by molar-refractivity contribution is -0.132. The van der Waals surface area contributed by atoms with Crippen LogP contribution < -0.4 is 19.1 Å². The molecule has 3 aromatic rings. The molecule has 1 N–H and O–H groups in total. The maximum Gasteiger partial charge on any atom is 0.300 e. The van der Waals surface area contributed by atoms with Crippen molar-refractivity contribution in [2.45, 2.75) is 46.8 Å². The lowest BCUT2D eigenvalue weighted by Gasteiger charge is -2.26. The van der Waals surface area contributed by atoms with Gasteiger partial charge in [0.05, 0.1) is 30.9 Å². The third-order valence-electron chi connectivity index (χ3n) is 6.15. The molecule has 0 aliphatic carbocycles. The number of aryl methyl sites for hydroxylation is 1. The number of ketones is 1. The minimum atomic E-state index is -0.876. The molecule has 198 valence electrons. The summed E-state index contributed by atoms with van der Waals surface area (Å²) in [6.45, 7) is 10.4. The van der Waals surface area contributed by atoms with Crippen LogP contribution in [-0.2, 0) is 9.59 Å². The number of aliphatic hydroxyl groups is 1. The van der Waals surface area contributed by atoms with Gasteiger partial charge < -0.3 is 19.3 Å². The normalized spacial score (nSPS) is 16.7. The summed E-state index contributed by atoms with van der Waals surface area (Å²) in [7, 11) is 0. The van der Waals surface area contributed by atoms with Crippen molar-refractivity contribution in [1.29, 1.82) is 0 Å². The van der Waals surface area contributed by atoms with E-state index in [1.54, 1.807) is 54.6 Å². The quantitative estimate of drug-likeness (QED) is 0.207. The Balaban J connectivity index is 1.90. The number of anilines is 1. The standard InChI is InChI=1S/C31H33NO6/c1-6-36-24-12-8-10-21(17-24)28-27(29(33)22-14-15-26(20(5)16-22)38-19(3)4)30(34)31(35)32(28)23-11-9-13-25(18-23)37-7-2/h8-19,28,33H,6-7H2,1-5H3/b29-27+. The van der Waals surface area contributed by atoms with E-state index >= 15 is 0 Å². The summed E-state index contributed by atoms with van der Waals surface area (Å²) in [5.74, 6) is 0.109. The van der Waals surface area contributed by atoms with Crippen LogP contribution in [0.25, 0.3) is 5.76 Å². The largest absolute Gasteiger partial charge is 0.507 e. The maximum atomic E-state index is 13.5. The second-order valence-electron chi connectivity index (χ2n) is 9.25. The molecule has 0 saturated carbocycles. The van der Waals surface area contributed by atoms with E-state index in [1.165, 1.54) is 4.90 Å². The van der Waals surface area contributed by atoms with Gasteiger partial charge in [-0.2, -0.15) is 0 Å². The third-order valence-corrected chi connectivity index (χ3v) is 6.15. The van der Waals surface area contributed by atoms with Crippen molar-refractivity contribution in [1.82, 2.24) is 0 Å². The molecular weight excluding hydrogens is 482 g/mol. The number of aliphatic hydroxyl groups excluding tert-OH is 1. The first-order valence-electron chi connectivity index (χ1n) is 12.8. The van der Waals surface area contributed by atoms with Crippen LogP contribution in [0.5, 0.6) is 17.2 Å². The van der Waals surface area contributed by atoms with Gasteiger partial charge in [-0.15, -0.1) is 0 Å². The maximum absolute atomic E-state index is 13.5. The minimum Gasteiger partial charge on any atom is -0.507 e. The summed E-state index contributed by atoms with van der Waals surface area (Å²) < 4.78 is 17.2. The number of hydrogen-bond acceptors (Lipinski definition) is 6. The minimum absolute atomic E-state index is 0.00221. The number of carbonyl (C=O) groups is 2. The zero-order valence-electron chi connectivity index (χ0n) is 22.4. The Hall–Kier alpha value is -4.26. The molecule has 1 aliphatic rings. The molecule has 0 aromatic heterocycles. The number of Topliss-reactive ketones (excluding diaryl/α,β-unsaturated/α-hetero) is 1. The molecule has 1 unspecified atom stereocenters. The van der Waals surface area contributed by atoms with E-state index in [4.69, 9.17) is 14.2 Å². The molecule has 7 heteroatoms. The highest BCUT2D eigenvalue weighted by molar-refractivity contribution is 6.51. The fraction of sp³-hybridized carbons (Fsp3) is 0.290. The van der Waals surface area contributed by atoms with Gasteiger partial charge in [0.15, 0.2) is 0 Å². The monoisotopic (exact) mass is 515 g/mol. The Morgan fingerprint density at radius 1 is 0.921 bits per heavy atom. The van der Waals surface area contributed by atoms with Gasteiger partial charge in [-0.3, -0.25) is 14.5 Å². The number of benzene rings is 3. The average Bonchev–Trinajstić information content (AvgIpc) is 3.15. The van der Waals surface area contributed by atoms with E-state index in [0.717, 1.165) is 5.56 Å². The summed E-state index contributed by atoms with van der Waals surface area (Å²) in [6.07, 6.45) is -0.0106. The van der Waals surface area contributed by atoms with Crippen LogP contribution in [0.1, 0.15) is 50.4 Å². The lowest BCUT2D eigenvalue weighted by Crippen LogP contribution is -2.29. The topological polar surface area (TPSA) is 85.3 Å². The van der Waals surface area contributed by atoms with Gasteiger partial charge in [0.1, 0.15) is 23.0 Å². The van der Waals surface area contributed by atoms with Gasteiger partial charge in [-0.25, -0.2) is 0 Å². The van der Waals surface area contributed by atoms with Crippen molar-refractivity contribution in [3.63, 3.8) is 0 Å². The third kappa shape index (κ3) is 5.37. The smallest absolute Gasteiger partial charge is 0.300 e. The summed E-state index contributed by atoms with van der Waals surface area (Å²) in [6, 6.07) is 18.6. The van der Waals surface area contributed by atoms with E-state index in [1.807, 2.05) is 46.8 Å². The predicted octanol–water partition coefficient (Wildman–Crippen LogP) is 6.21. The number of nitrogens with zero attached hydrogens (tertiary/aromatic N) is 1. The van der Waals surface area contributed by atoms with Crippen LogP contribution in [-0.4, -0.2) is 36.1 Å². The predicted molar refractivity (Wildman–Crippen MR) is 147 cm³/mol. The second-order valence-corrected chi connectivity index (χ2v) is 9.25. The molecule has 0 bridgehead atoms. The Kier molecular flexibility index (Phi) is 8.05. The molecule has 7 nitrogen and oxygen atoms in total. The Bertz CT molecular complexity index is 1380. The van der Waals surface area contributed by atoms with E-state index in [2.05, 4.69) is 0 Å². The van der Waals surface area contributed by atoms with Crippen LogP contribution in [0.3, 0.4) is 0 Å². The molecule has 1 heterocycles. The first-order valence-corrected chi connectivity index (χ1v) is 12.8. The molecule has 1 fully saturated rings. The van der Waals surface area contributed by atoms with Crippen molar-refractivity contribution in [2.24, 2.45) is 0 Å². The summed E-state index contributed by atoms with van der Waals surface area (Å²) in [5, 5.41) is 11.5. The molecule has 4 rings (SSSR count). The molecule has 0 spiro atoms. The fourth-order valence-corrected chi connectivity index (χ4v) is 4.58. The van der Waals surface area contributed by atoms with E-state index in [9.17, 15) is 14.7 Å². The van der Waals surface area contributed by atoms with Gasteiger partial charge in [-0.1, -0.05) is 18.2 Å². The van der Waals surface area contributed by atoms with Crippen molar-refractivity contribution < 1.29 is 28.9 Å². The molecule has 1 saturated heterocycles. The van der Waals surface area contributed by atoms with Gasteiger partial charge in [0.25, 0.3) is 11.7 Å². The zero-order chi connectivity index (χ0) is 27.4. The highest BCUT2D eigenvalue weighted by Gasteiger charge is 2.47. The van der Waals surface area contributed by atoms with Crippen LogP contribution in [0.4, 0.5) is 5.69 Å². The number of carbonyl (C=O) groups excluding carboxylic acids is 2. The summed E-state index contributed by atoms with van der Waals surface area (Å²) >= 11 is 0. The van der Waals surface area contributed by atoms with Crippen LogP contribution in [0.2, 0.25) is 0 Å². The molecular formula is C31H33NO6. The zero-order valence-corrected chi connectivity index (χ0v) is 22.4. The summed E-state index contributed by atoms with van der Waals surface area (Å²) in [5.41, 5.74) is 2.35. The van der Waals surface area contributed by atoms with Crippen molar-refractivity contribution in [3.05, 3.63) is 89.0 Å². The SMILES string of the molecule is CCOc1cccc(C2/C(=C(\O)c3ccc(OC(C)C)c(C)c3)C(=O)C(=O)N2c2cccc(OCC)c2)c1. The highest BCUT2D eigenvalue weighted by atomic mass is 16.5. The molecule has 3 aromatic carbocycles. The van der Waals surface area contributed by atoms with E-state index in [-0.39, 0.29) is 17.4 Å². The highest BCUT2D eigenvalue weighted by Crippen LogP contribution is 2.43. The Labute approximate surface area is 223 Å². The summed E-state index contributed by atoms with van der Waals surface area (Å²) in [4.78, 5) is 28.4. The van der Waals surface area contributed by atoms with Crippen molar-refractivity contribution in [2.75, 3.05) is 18.1 Å². The number of hydrogen-bond donors (Lipinski definition) is 1. The first-order chi connectivity index (χ1) is 18.2. The second kappa shape index (κ2) is 11.4. The molecule has 1 amide bonds. The van der Waals surface area contributed by atoms with E-state index < -0.39 is 17.7 Å². The van der Waals surface area contributed by atoms with Gasteiger partial charge in [0.2, 0.25) is 0 Å². The number of rotatable bonds is 9. The lowest BCUT2D eigenvalue weighted by atomic mass is 9.94. The number of amides is 1. The molecule has 1 atom stereocenters. The van der Waals surface area contributed by atoms with Crippen LogP contribution in [0.15, 0.2) is 72.3 Å². The fourth-order valence-electron chi connectivity index (χ4n) is 4.58. The number of ether oxygens (including phenoxy) is 3. The molecule has 0 radical (unpaired) electrons.